The molecule has 0 saturated heterocycles. The van der Waals surface area contributed by atoms with Crippen molar-refractivity contribution in [2.24, 2.45) is 0 Å². The zero-order valence-electron chi connectivity index (χ0n) is 13.6. The van der Waals surface area contributed by atoms with Gasteiger partial charge in [-0.25, -0.2) is 9.59 Å². The number of ether oxygens (including phenoxy) is 2. The number of fused-ring (bicyclic) bond motifs is 2. The Kier molecular flexibility index (Phi) is 4.41. The molecule has 0 fully saturated rings. The van der Waals surface area contributed by atoms with Gasteiger partial charge >= 0.3 is 11.6 Å². The van der Waals surface area contributed by atoms with Gasteiger partial charge in [0, 0.05) is 27.8 Å². The maximum atomic E-state index is 11.9. The van der Waals surface area contributed by atoms with E-state index in [1.165, 1.54) is 6.07 Å². The Hall–Kier alpha value is -3.12. The molecule has 0 amide bonds. The topological polar surface area (TPSA) is 65.7 Å². The van der Waals surface area contributed by atoms with E-state index in [0.717, 1.165) is 21.0 Å². The number of rotatable bonds is 5. The second kappa shape index (κ2) is 7.01. The summed E-state index contributed by atoms with van der Waals surface area (Å²) in [6.07, 6.45) is 0. The van der Waals surface area contributed by atoms with Crippen molar-refractivity contribution in [2.45, 2.75) is 6.61 Å². The molecule has 0 atom stereocenters. The van der Waals surface area contributed by atoms with Gasteiger partial charge < -0.3 is 13.9 Å². The standard InChI is InChI=1S/C20H14O5S/c21-19-8-6-13-5-7-15(9-17(13)25-19)23-11-20(22)24-10-14-12-26-18-4-2-1-3-16(14)18/h1-9,12H,10-11H2. The first-order chi connectivity index (χ1) is 12.7. The van der Waals surface area contributed by atoms with E-state index in [1.54, 1.807) is 35.6 Å². The van der Waals surface area contributed by atoms with Crippen molar-refractivity contribution in [3.05, 3.63) is 76.0 Å². The van der Waals surface area contributed by atoms with Crippen molar-refractivity contribution < 1.29 is 18.7 Å². The maximum absolute atomic E-state index is 11.9. The number of hydrogen-bond donors (Lipinski definition) is 0. The van der Waals surface area contributed by atoms with Crippen molar-refractivity contribution in [1.29, 1.82) is 0 Å². The first kappa shape index (κ1) is 16.4. The lowest BCUT2D eigenvalue weighted by Gasteiger charge is -2.07. The molecule has 2 aromatic carbocycles. The van der Waals surface area contributed by atoms with Crippen molar-refractivity contribution in [2.75, 3.05) is 6.61 Å². The molecule has 2 aromatic heterocycles. The molecular weight excluding hydrogens is 352 g/mol. The van der Waals surface area contributed by atoms with E-state index >= 15 is 0 Å². The van der Waals surface area contributed by atoms with Gasteiger partial charge in [-0.3, -0.25) is 0 Å². The number of carbonyl (C=O) groups excluding carboxylic acids is 1. The number of esters is 1. The van der Waals surface area contributed by atoms with Crippen LogP contribution in [0.2, 0.25) is 0 Å². The number of benzene rings is 2. The molecule has 2 heterocycles. The van der Waals surface area contributed by atoms with Crippen LogP contribution in [0.1, 0.15) is 5.56 Å². The zero-order valence-corrected chi connectivity index (χ0v) is 14.5. The van der Waals surface area contributed by atoms with Crippen LogP contribution in [0, 0.1) is 0 Å². The number of hydrogen-bond acceptors (Lipinski definition) is 6. The highest BCUT2D eigenvalue weighted by Crippen LogP contribution is 2.26. The van der Waals surface area contributed by atoms with Crippen LogP contribution in [0.3, 0.4) is 0 Å². The van der Waals surface area contributed by atoms with Crippen molar-refractivity contribution in [1.82, 2.24) is 0 Å². The fourth-order valence-corrected chi connectivity index (χ4v) is 3.56. The molecule has 0 aliphatic heterocycles. The van der Waals surface area contributed by atoms with E-state index in [4.69, 9.17) is 13.9 Å². The third kappa shape index (κ3) is 3.45. The monoisotopic (exact) mass is 366 g/mol. The molecule has 0 radical (unpaired) electrons. The van der Waals surface area contributed by atoms with Crippen molar-refractivity contribution in [3.8, 4) is 5.75 Å². The minimum Gasteiger partial charge on any atom is -0.482 e. The average Bonchev–Trinajstić information content (AvgIpc) is 3.07. The van der Waals surface area contributed by atoms with Crippen LogP contribution < -0.4 is 10.4 Å². The fraction of sp³-hybridized carbons (Fsp3) is 0.100. The van der Waals surface area contributed by atoms with E-state index < -0.39 is 11.6 Å². The maximum Gasteiger partial charge on any atom is 0.344 e. The molecular formula is C20H14O5S. The summed E-state index contributed by atoms with van der Waals surface area (Å²) < 4.78 is 17.0. The lowest BCUT2D eigenvalue weighted by molar-refractivity contribution is -0.147. The molecule has 6 heteroatoms. The van der Waals surface area contributed by atoms with Gasteiger partial charge in [-0.05, 0) is 35.0 Å². The zero-order chi connectivity index (χ0) is 17.9. The molecule has 26 heavy (non-hydrogen) atoms. The van der Waals surface area contributed by atoms with Crippen LogP contribution in [0.5, 0.6) is 5.75 Å². The third-order valence-electron chi connectivity index (χ3n) is 3.90. The van der Waals surface area contributed by atoms with Crippen LogP contribution in [0.4, 0.5) is 0 Å². The molecule has 0 spiro atoms. The normalized spacial score (nSPS) is 10.9. The summed E-state index contributed by atoms with van der Waals surface area (Å²) in [6, 6.07) is 16.1. The van der Waals surface area contributed by atoms with Crippen LogP contribution in [-0.4, -0.2) is 12.6 Å². The molecule has 0 N–H and O–H groups in total. The predicted octanol–water partition coefficient (Wildman–Crippen LogP) is 4.13. The number of thiophene rings is 1. The van der Waals surface area contributed by atoms with Crippen molar-refractivity contribution >= 4 is 38.4 Å². The smallest absolute Gasteiger partial charge is 0.344 e. The molecule has 130 valence electrons. The molecule has 4 rings (SSSR count). The van der Waals surface area contributed by atoms with Crippen LogP contribution in [-0.2, 0) is 16.1 Å². The van der Waals surface area contributed by atoms with E-state index in [1.807, 2.05) is 29.6 Å². The Morgan fingerprint density at radius 3 is 2.85 bits per heavy atom. The van der Waals surface area contributed by atoms with Gasteiger partial charge in [0.15, 0.2) is 6.61 Å². The molecule has 4 aromatic rings. The minimum absolute atomic E-state index is 0.207. The summed E-state index contributed by atoms with van der Waals surface area (Å²) in [7, 11) is 0. The second-order valence-corrected chi connectivity index (χ2v) is 6.57. The number of carbonyl (C=O) groups is 1. The Balaban J connectivity index is 1.37. The summed E-state index contributed by atoms with van der Waals surface area (Å²) in [5.74, 6) is -0.0281. The molecule has 0 aliphatic rings. The fourth-order valence-electron chi connectivity index (χ4n) is 2.62. The van der Waals surface area contributed by atoms with Crippen molar-refractivity contribution in [3.63, 3.8) is 0 Å². The second-order valence-electron chi connectivity index (χ2n) is 5.66. The Morgan fingerprint density at radius 1 is 1.08 bits per heavy atom. The molecule has 0 unspecified atom stereocenters. The molecule has 5 nitrogen and oxygen atoms in total. The van der Waals surface area contributed by atoms with Crippen LogP contribution >= 0.6 is 11.3 Å². The SMILES string of the molecule is O=C(COc1ccc2ccc(=O)oc2c1)OCc1csc2ccccc12. The largest absolute Gasteiger partial charge is 0.482 e. The predicted molar refractivity (Wildman–Crippen MR) is 99.6 cm³/mol. The van der Waals surface area contributed by atoms with Gasteiger partial charge in [0.05, 0.1) is 0 Å². The highest BCUT2D eigenvalue weighted by atomic mass is 32.1. The van der Waals surface area contributed by atoms with Crippen LogP contribution in [0.25, 0.3) is 21.1 Å². The highest BCUT2D eigenvalue weighted by molar-refractivity contribution is 7.17. The molecule has 0 saturated carbocycles. The van der Waals surface area contributed by atoms with Gasteiger partial charge in [0.25, 0.3) is 0 Å². The summed E-state index contributed by atoms with van der Waals surface area (Å²) in [5, 5.41) is 3.86. The van der Waals surface area contributed by atoms with E-state index in [2.05, 4.69) is 0 Å². The Labute approximate surface area is 152 Å². The molecule has 0 bridgehead atoms. The lowest BCUT2D eigenvalue weighted by Crippen LogP contribution is -2.14. The van der Waals surface area contributed by atoms with Gasteiger partial charge in [0.2, 0.25) is 0 Å². The van der Waals surface area contributed by atoms with E-state index in [-0.39, 0.29) is 13.2 Å². The highest BCUT2D eigenvalue weighted by Gasteiger charge is 2.09. The third-order valence-corrected chi connectivity index (χ3v) is 4.91. The first-order valence-electron chi connectivity index (χ1n) is 7.96. The van der Waals surface area contributed by atoms with Gasteiger partial charge in [-0.15, -0.1) is 11.3 Å². The van der Waals surface area contributed by atoms with Crippen LogP contribution in [0.15, 0.2) is 69.2 Å². The summed E-state index contributed by atoms with van der Waals surface area (Å²) in [5.41, 5.74) is 0.955. The molecule has 0 aliphatic carbocycles. The summed E-state index contributed by atoms with van der Waals surface area (Å²) in [6.45, 7) is -0.0105. The van der Waals surface area contributed by atoms with Gasteiger partial charge in [-0.2, -0.15) is 0 Å². The Bertz CT molecular complexity index is 1140. The minimum atomic E-state index is -0.463. The summed E-state index contributed by atoms with van der Waals surface area (Å²) >= 11 is 1.62. The van der Waals surface area contributed by atoms with Gasteiger partial charge in [-0.1, -0.05) is 18.2 Å². The van der Waals surface area contributed by atoms with E-state index in [0.29, 0.717) is 11.3 Å². The lowest BCUT2D eigenvalue weighted by atomic mass is 10.2. The average molecular weight is 366 g/mol. The van der Waals surface area contributed by atoms with Gasteiger partial charge in [0.1, 0.15) is 17.9 Å². The Morgan fingerprint density at radius 2 is 1.92 bits per heavy atom. The first-order valence-corrected chi connectivity index (χ1v) is 8.84. The quantitative estimate of drug-likeness (QED) is 0.392. The summed E-state index contributed by atoms with van der Waals surface area (Å²) in [4.78, 5) is 23.2. The van der Waals surface area contributed by atoms with E-state index in [9.17, 15) is 9.59 Å².